The fourth-order valence-electron chi connectivity index (χ4n) is 6.66. The van der Waals surface area contributed by atoms with Gasteiger partial charge in [0.15, 0.2) is 0 Å². The number of carbonyl (C=O) groups excluding carboxylic acids is 3. The quantitative estimate of drug-likeness (QED) is 0.428. The van der Waals surface area contributed by atoms with Gasteiger partial charge in [-0.2, -0.15) is 0 Å². The Morgan fingerprint density at radius 3 is 2.54 bits per heavy atom. The molecule has 5 rings (SSSR count). The number of esters is 1. The van der Waals surface area contributed by atoms with Crippen molar-refractivity contribution in [3.63, 3.8) is 0 Å². The second-order valence-corrected chi connectivity index (χ2v) is 10.5. The molecule has 198 valence electrons. The van der Waals surface area contributed by atoms with Crippen LogP contribution >= 0.6 is 0 Å². The van der Waals surface area contributed by atoms with Crippen molar-refractivity contribution in [2.45, 2.75) is 62.8 Å². The van der Waals surface area contributed by atoms with Crippen molar-refractivity contribution in [3.8, 4) is 0 Å². The van der Waals surface area contributed by atoms with E-state index in [4.69, 9.17) is 9.47 Å². The molecule has 0 aromatic heterocycles. The second kappa shape index (κ2) is 10.1. The second-order valence-electron chi connectivity index (χ2n) is 10.5. The van der Waals surface area contributed by atoms with Gasteiger partial charge in [-0.3, -0.25) is 14.4 Å². The summed E-state index contributed by atoms with van der Waals surface area (Å²) in [5.41, 5.74) is -1.43. The molecule has 4 aliphatic heterocycles. The number of hydrogen-bond acceptors (Lipinski definition) is 6. The van der Waals surface area contributed by atoms with Crippen molar-refractivity contribution in [1.82, 2.24) is 9.80 Å². The summed E-state index contributed by atoms with van der Waals surface area (Å²) in [6, 6.07) is 7.96. The molecule has 1 unspecified atom stereocenters. The maximum Gasteiger partial charge on any atom is 0.313 e. The minimum absolute atomic E-state index is 0.119. The average molecular weight is 509 g/mol. The van der Waals surface area contributed by atoms with Crippen LogP contribution in [0.4, 0.5) is 0 Å². The highest BCUT2D eigenvalue weighted by Crippen LogP contribution is 2.58. The van der Waals surface area contributed by atoms with Crippen LogP contribution in [0.2, 0.25) is 0 Å². The predicted molar refractivity (Wildman–Crippen MR) is 136 cm³/mol. The average Bonchev–Trinajstić information content (AvgIpc) is 3.20. The number of ether oxygens (including phenoxy) is 2. The van der Waals surface area contributed by atoms with E-state index in [1.807, 2.05) is 55.5 Å². The van der Waals surface area contributed by atoms with Crippen LogP contribution < -0.4 is 0 Å². The van der Waals surface area contributed by atoms with Crippen molar-refractivity contribution in [3.05, 3.63) is 60.2 Å². The number of amides is 2. The van der Waals surface area contributed by atoms with E-state index in [0.717, 1.165) is 18.4 Å². The first-order valence-electron chi connectivity index (χ1n) is 13.4. The van der Waals surface area contributed by atoms with Crippen molar-refractivity contribution < 1.29 is 29.0 Å². The highest BCUT2D eigenvalue weighted by molar-refractivity contribution is 5.99. The molecule has 4 aliphatic rings. The number of nitrogens with zero attached hydrogens (tertiary/aromatic N) is 2. The smallest absolute Gasteiger partial charge is 0.313 e. The lowest BCUT2D eigenvalue weighted by Crippen LogP contribution is -2.59. The minimum Gasteiger partial charge on any atom is -0.461 e. The zero-order chi connectivity index (χ0) is 26.2. The third-order valence-corrected chi connectivity index (χ3v) is 8.42. The minimum atomic E-state index is -1.33. The van der Waals surface area contributed by atoms with Crippen LogP contribution in [0.1, 0.15) is 38.7 Å². The Hall–Kier alpha value is -2.97. The molecule has 2 amide bonds. The van der Waals surface area contributed by atoms with Gasteiger partial charge in [-0.15, -0.1) is 0 Å². The molecule has 1 aromatic rings. The Bertz CT molecular complexity index is 1100. The Morgan fingerprint density at radius 1 is 1.05 bits per heavy atom. The van der Waals surface area contributed by atoms with Gasteiger partial charge in [0.2, 0.25) is 11.8 Å². The number of carbonyl (C=O) groups is 3. The third-order valence-electron chi connectivity index (χ3n) is 8.42. The molecule has 37 heavy (non-hydrogen) atoms. The van der Waals surface area contributed by atoms with Crippen LogP contribution in [-0.4, -0.2) is 82.3 Å². The molecule has 4 heterocycles. The molecule has 0 saturated carbocycles. The van der Waals surface area contributed by atoms with E-state index in [-0.39, 0.29) is 25.0 Å². The Balaban J connectivity index is 1.64. The lowest BCUT2D eigenvalue weighted by Gasteiger charge is -2.40. The normalized spacial score (nSPS) is 33.5. The van der Waals surface area contributed by atoms with Crippen LogP contribution in [0.3, 0.4) is 0 Å². The van der Waals surface area contributed by atoms with Crippen molar-refractivity contribution in [1.29, 1.82) is 0 Å². The monoisotopic (exact) mass is 508 g/mol. The summed E-state index contributed by atoms with van der Waals surface area (Å²) in [4.78, 5) is 45.3. The molecular weight excluding hydrogens is 472 g/mol. The van der Waals surface area contributed by atoms with Gasteiger partial charge in [0, 0.05) is 13.1 Å². The van der Waals surface area contributed by atoms with Crippen LogP contribution in [0.15, 0.2) is 54.6 Å². The molecular formula is C29H36N2O6. The van der Waals surface area contributed by atoms with Gasteiger partial charge in [-0.1, -0.05) is 68.8 Å². The van der Waals surface area contributed by atoms with E-state index >= 15 is 0 Å². The fraction of sp³-hybridized carbons (Fsp3) is 0.552. The topological polar surface area (TPSA) is 96.4 Å². The van der Waals surface area contributed by atoms with Gasteiger partial charge in [0.1, 0.15) is 29.8 Å². The summed E-state index contributed by atoms with van der Waals surface area (Å²) in [6.07, 6.45) is 9.94. The Kier molecular flexibility index (Phi) is 6.98. The van der Waals surface area contributed by atoms with E-state index in [1.165, 1.54) is 4.90 Å². The predicted octanol–water partition coefficient (Wildman–Crippen LogP) is 2.26. The van der Waals surface area contributed by atoms with Gasteiger partial charge < -0.3 is 24.4 Å². The standard InChI is InChI=1S/C29H36N2O6/c1-3-5-15-30-16-9-14-29-22(23-27(35)36-17-10-13-28(23,4-2)37-29)25(33)31(24(29)26(30)34)21(19-32)18-20-11-7-6-8-12-20/h6-14,21-24,32H,3-5,15-19H2,1-2H3/t21-,22+,23-,24?,28+,29+/m1/s1. The number of cyclic esters (lactones) is 1. The summed E-state index contributed by atoms with van der Waals surface area (Å²) >= 11 is 0. The van der Waals surface area contributed by atoms with Crippen molar-refractivity contribution in [2.24, 2.45) is 11.8 Å². The molecule has 2 fully saturated rings. The molecule has 1 aromatic carbocycles. The largest absolute Gasteiger partial charge is 0.461 e. The molecule has 1 N–H and O–H groups in total. The maximum atomic E-state index is 14.4. The number of hydrogen-bond donors (Lipinski definition) is 1. The summed E-state index contributed by atoms with van der Waals surface area (Å²) in [6.45, 7) is 4.76. The SMILES string of the molecule is CCCCN1CC=C[C@]23O[C@@]4(CC)C=CCOC(=O)[C@H]4[C@H]2C(=O)N([C@@H](CO)Cc2ccccc2)C3C1=O. The molecule has 0 radical (unpaired) electrons. The highest BCUT2D eigenvalue weighted by atomic mass is 16.6. The maximum absolute atomic E-state index is 14.4. The Labute approximate surface area is 217 Å². The van der Waals surface area contributed by atoms with Crippen LogP contribution in [0.25, 0.3) is 0 Å². The van der Waals surface area contributed by atoms with Crippen LogP contribution in [-0.2, 0) is 30.3 Å². The number of fused-ring (bicyclic) bond motifs is 2. The number of benzene rings is 1. The molecule has 6 atom stereocenters. The molecule has 0 aliphatic carbocycles. The number of likely N-dealkylation sites (tertiary alicyclic amines) is 1. The number of aliphatic hydroxyl groups excluding tert-OH is 1. The lowest BCUT2D eigenvalue weighted by atomic mass is 9.73. The summed E-state index contributed by atoms with van der Waals surface area (Å²) in [5, 5.41) is 10.5. The van der Waals surface area contributed by atoms with Crippen LogP contribution in [0, 0.1) is 11.8 Å². The first-order valence-corrected chi connectivity index (χ1v) is 13.4. The van der Waals surface area contributed by atoms with E-state index in [1.54, 1.807) is 11.0 Å². The van der Waals surface area contributed by atoms with Gasteiger partial charge in [-0.05, 0) is 30.9 Å². The zero-order valence-electron chi connectivity index (χ0n) is 21.5. The van der Waals surface area contributed by atoms with Crippen molar-refractivity contribution in [2.75, 3.05) is 26.3 Å². The van der Waals surface area contributed by atoms with Gasteiger partial charge >= 0.3 is 5.97 Å². The summed E-state index contributed by atoms with van der Waals surface area (Å²) < 4.78 is 12.3. The first-order chi connectivity index (χ1) is 17.9. The third kappa shape index (κ3) is 4.01. The molecule has 0 bridgehead atoms. The number of rotatable bonds is 8. The van der Waals surface area contributed by atoms with E-state index < -0.39 is 41.1 Å². The zero-order valence-corrected chi connectivity index (χ0v) is 21.5. The molecule has 1 spiro atoms. The Morgan fingerprint density at radius 2 is 1.84 bits per heavy atom. The molecule has 8 heteroatoms. The van der Waals surface area contributed by atoms with Gasteiger partial charge in [-0.25, -0.2) is 0 Å². The summed E-state index contributed by atoms with van der Waals surface area (Å²) in [5.74, 6) is -2.85. The van der Waals surface area contributed by atoms with Gasteiger partial charge in [0.25, 0.3) is 0 Å². The van der Waals surface area contributed by atoms with Crippen molar-refractivity contribution >= 4 is 17.8 Å². The fourth-order valence-corrected chi connectivity index (χ4v) is 6.66. The van der Waals surface area contributed by atoms with E-state index in [9.17, 15) is 19.5 Å². The lowest BCUT2D eigenvalue weighted by molar-refractivity contribution is -0.161. The summed E-state index contributed by atoms with van der Waals surface area (Å²) in [7, 11) is 0. The number of aliphatic hydroxyl groups is 1. The molecule has 8 nitrogen and oxygen atoms in total. The number of unbranched alkanes of at least 4 members (excludes halogenated alkanes) is 1. The first kappa shape index (κ1) is 25.7. The van der Waals surface area contributed by atoms with E-state index in [0.29, 0.717) is 25.9 Å². The molecule has 2 saturated heterocycles. The van der Waals surface area contributed by atoms with E-state index in [2.05, 4.69) is 6.92 Å². The van der Waals surface area contributed by atoms with Crippen LogP contribution in [0.5, 0.6) is 0 Å². The van der Waals surface area contributed by atoms with Gasteiger partial charge in [0.05, 0.1) is 18.6 Å². The highest BCUT2D eigenvalue weighted by Gasteiger charge is 2.76.